The summed E-state index contributed by atoms with van der Waals surface area (Å²) in [6.45, 7) is 0.775. The van der Waals surface area contributed by atoms with Crippen LogP contribution in [-0.2, 0) is 0 Å². The van der Waals surface area contributed by atoms with Gasteiger partial charge in [0.25, 0.3) is 0 Å². The van der Waals surface area contributed by atoms with Crippen molar-refractivity contribution in [2.24, 2.45) is 23.5 Å². The molecule has 20 heavy (non-hydrogen) atoms. The fourth-order valence-electron chi connectivity index (χ4n) is 3.73. The average molecular weight is 274 g/mol. The zero-order valence-corrected chi connectivity index (χ0v) is 11.9. The minimum atomic E-state index is 0.0444. The lowest BCUT2D eigenvalue weighted by atomic mass is 9.89. The van der Waals surface area contributed by atoms with Gasteiger partial charge in [0.15, 0.2) is 11.5 Å². The van der Waals surface area contributed by atoms with Gasteiger partial charge in [0.2, 0.25) is 0 Å². The van der Waals surface area contributed by atoms with E-state index in [9.17, 15) is 0 Å². The molecule has 3 unspecified atom stereocenters. The third-order valence-corrected chi connectivity index (χ3v) is 4.81. The lowest BCUT2D eigenvalue weighted by molar-refractivity contribution is 0.190. The Labute approximate surface area is 119 Å². The van der Waals surface area contributed by atoms with Crippen LogP contribution in [0.15, 0.2) is 18.2 Å². The topological polar surface area (TPSA) is 68.3 Å². The quantitative estimate of drug-likeness (QED) is 0.641. The predicted octanol–water partition coefficient (Wildman–Crippen LogP) is 2.79. The number of methoxy groups -OCH3 is 1. The molecule has 2 bridgehead atoms. The van der Waals surface area contributed by atoms with Gasteiger partial charge in [-0.15, -0.1) is 0 Å². The molecule has 2 saturated carbocycles. The lowest BCUT2D eigenvalue weighted by Crippen LogP contribution is -2.19. The van der Waals surface area contributed by atoms with Gasteiger partial charge in [-0.05, 0) is 55.2 Å². The third kappa shape index (κ3) is 2.47. The maximum Gasteiger partial charge on any atom is 0.161 e. The van der Waals surface area contributed by atoms with E-state index in [0.29, 0.717) is 17.2 Å². The fourth-order valence-corrected chi connectivity index (χ4v) is 3.73. The smallest absolute Gasteiger partial charge is 0.161 e. The van der Waals surface area contributed by atoms with E-state index in [1.165, 1.54) is 25.7 Å². The van der Waals surface area contributed by atoms with Crippen LogP contribution in [0.2, 0.25) is 0 Å². The van der Waals surface area contributed by atoms with Gasteiger partial charge < -0.3 is 15.2 Å². The third-order valence-electron chi connectivity index (χ3n) is 4.81. The van der Waals surface area contributed by atoms with Gasteiger partial charge in [-0.2, -0.15) is 0 Å². The minimum Gasteiger partial charge on any atom is -0.493 e. The summed E-state index contributed by atoms with van der Waals surface area (Å²) in [5, 5.41) is 7.45. The first kappa shape index (κ1) is 13.3. The van der Waals surface area contributed by atoms with E-state index in [0.717, 1.165) is 24.2 Å². The molecule has 0 heterocycles. The molecule has 0 aromatic heterocycles. The van der Waals surface area contributed by atoms with Crippen molar-refractivity contribution in [3.63, 3.8) is 0 Å². The standard InChI is InChI=1S/C16H22N2O2/c1-19-15-8-12(16(17)18)4-5-14(15)20-9-13-7-10-2-3-11(13)6-10/h4-5,8,10-11,13H,2-3,6-7,9H2,1H3,(H3,17,18). The van der Waals surface area contributed by atoms with E-state index < -0.39 is 0 Å². The van der Waals surface area contributed by atoms with Crippen LogP contribution in [0.25, 0.3) is 0 Å². The van der Waals surface area contributed by atoms with E-state index >= 15 is 0 Å². The van der Waals surface area contributed by atoms with Crippen LogP contribution >= 0.6 is 0 Å². The van der Waals surface area contributed by atoms with E-state index in [-0.39, 0.29) is 5.84 Å². The van der Waals surface area contributed by atoms with Crippen molar-refractivity contribution in [3.8, 4) is 11.5 Å². The van der Waals surface area contributed by atoms with Gasteiger partial charge in [-0.25, -0.2) is 0 Å². The second kappa shape index (κ2) is 5.35. The molecule has 0 radical (unpaired) electrons. The van der Waals surface area contributed by atoms with E-state index in [1.54, 1.807) is 19.2 Å². The summed E-state index contributed by atoms with van der Waals surface area (Å²) >= 11 is 0. The van der Waals surface area contributed by atoms with E-state index in [1.807, 2.05) is 6.07 Å². The van der Waals surface area contributed by atoms with Crippen LogP contribution < -0.4 is 15.2 Å². The lowest BCUT2D eigenvalue weighted by Gasteiger charge is -2.22. The highest BCUT2D eigenvalue weighted by molar-refractivity contribution is 5.95. The van der Waals surface area contributed by atoms with Crippen molar-refractivity contribution >= 4 is 5.84 Å². The monoisotopic (exact) mass is 274 g/mol. The van der Waals surface area contributed by atoms with Crippen LogP contribution in [0.5, 0.6) is 11.5 Å². The summed E-state index contributed by atoms with van der Waals surface area (Å²) in [4.78, 5) is 0. The minimum absolute atomic E-state index is 0.0444. The van der Waals surface area contributed by atoms with Crippen molar-refractivity contribution in [2.45, 2.75) is 25.7 Å². The summed E-state index contributed by atoms with van der Waals surface area (Å²) in [6, 6.07) is 5.42. The normalized spacial score (nSPS) is 27.6. The first-order valence-electron chi connectivity index (χ1n) is 7.32. The fraction of sp³-hybridized carbons (Fsp3) is 0.562. The summed E-state index contributed by atoms with van der Waals surface area (Å²) < 4.78 is 11.3. The van der Waals surface area contributed by atoms with Gasteiger partial charge in [0, 0.05) is 5.56 Å². The highest BCUT2D eigenvalue weighted by Crippen LogP contribution is 2.48. The van der Waals surface area contributed by atoms with Crippen LogP contribution in [0.1, 0.15) is 31.2 Å². The second-order valence-electron chi connectivity index (χ2n) is 6.03. The summed E-state index contributed by atoms with van der Waals surface area (Å²) in [5.41, 5.74) is 6.15. The van der Waals surface area contributed by atoms with Gasteiger partial charge >= 0.3 is 0 Å². The van der Waals surface area contributed by atoms with Crippen molar-refractivity contribution in [2.75, 3.05) is 13.7 Å². The summed E-state index contributed by atoms with van der Waals surface area (Å²) in [6.07, 6.45) is 5.50. The van der Waals surface area contributed by atoms with Crippen LogP contribution in [0.4, 0.5) is 0 Å². The highest BCUT2D eigenvalue weighted by Gasteiger charge is 2.39. The SMILES string of the molecule is COc1cc(C(=N)N)ccc1OCC1CC2CCC1C2. The summed E-state index contributed by atoms with van der Waals surface area (Å²) in [7, 11) is 1.61. The van der Waals surface area contributed by atoms with Crippen LogP contribution in [0.3, 0.4) is 0 Å². The Balaban J connectivity index is 1.66. The zero-order chi connectivity index (χ0) is 14.1. The van der Waals surface area contributed by atoms with Gasteiger partial charge in [-0.1, -0.05) is 6.42 Å². The maximum absolute atomic E-state index is 7.45. The molecule has 1 aromatic carbocycles. The zero-order valence-electron chi connectivity index (χ0n) is 11.9. The molecule has 2 aliphatic rings. The second-order valence-corrected chi connectivity index (χ2v) is 6.03. The number of nitrogens with one attached hydrogen (secondary N) is 1. The highest BCUT2D eigenvalue weighted by atomic mass is 16.5. The molecule has 108 valence electrons. The van der Waals surface area contributed by atoms with E-state index in [2.05, 4.69) is 0 Å². The number of nitrogen functional groups attached to an aromatic ring is 1. The molecular weight excluding hydrogens is 252 g/mol. The number of hydrogen-bond donors (Lipinski definition) is 2. The Bertz CT molecular complexity index is 515. The first-order valence-corrected chi connectivity index (χ1v) is 7.32. The van der Waals surface area contributed by atoms with E-state index in [4.69, 9.17) is 20.6 Å². The summed E-state index contributed by atoms with van der Waals surface area (Å²) in [5.74, 6) is 3.95. The Morgan fingerprint density at radius 3 is 2.75 bits per heavy atom. The number of rotatable bonds is 5. The molecule has 0 amide bonds. The van der Waals surface area contributed by atoms with Gasteiger partial charge in [-0.3, -0.25) is 5.41 Å². The Morgan fingerprint density at radius 1 is 1.30 bits per heavy atom. The molecule has 3 N–H and O–H groups in total. The van der Waals surface area contributed by atoms with Crippen molar-refractivity contribution in [3.05, 3.63) is 23.8 Å². The number of hydrogen-bond acceptors (Lipinski definition) is 3. The average Bonchev–Trinajstić information content (AvgIpc) is 3.07. The predicted molar refractivity (Wildman–Crippen MR) is 78.4 cm³/mol. The molecule has 2 aliphatic carbocycles. The van der Waals surface area contributed by atoms with Gasteiger partial charge in [0.1, 0.15) is 5.84 Å². The number of benzene rings is 1. The van der Waals surface area contributed by atoms with Crippen molar-refractivity contribution in [1.82, 2.24) is 0 Å². The Kier molecular flexibility index (Phi) is 3.55. The molecule has 0 aliphatic heterocycles. The van der Waals surface area contributed by atoms with Crippen molar-refractivity contribution in [1.29, 1.82) is 5.41 Å². The van der Waals surface area contributed by atoms with Crippen molar-refractivity contribution < 1.29 is 9.47 Å². The number of amidine groups is 1. The number of nitrogens with two attached hydrogens (primary N) is 1. The largest absolute Gasteiger partial charge is 0.493 e. The molecule has 3 rings (SSSR count). The molecule has 0 saturated heterocycles. The molecule has 3 atom stereocenters. The molecular formula is C16H22N2O2. The first-order chi connectivity index (χ1) is 9.67. The Hall–Kier alpha value is -1.71. The van der Waals surface area contributed by atoms with Crippen LogP contribution in [-0.4, -0.2) is 19.6 Å². The Morgan fingerprint density at radius 2 is 2.15 bits per heavy atom. The maximum atomic E-state index is 7.45. The molecule has 4 nitrogen and oxygen atoms in total. The van der Waals surface area contributed by atoms with Gasteiger partial charge in [0.05, 0.1) is 13.7 Å². The molecule has 1 aromatic rings. The number of ether oxygens (including phenoxy) is 2. The molecule has 2 fully saturated rings. The molecule has 0 spiro atoms. The molecule has 4 heteroatoms. The van der Waals surface area contributed by atoms with Crippen LogP contribution in [0, 0.1) is 23.2 Å². The number of fused-ring (bicyclic) bond motifs is 2.